The second-order valence-corrected chi connectivity index (χ2v) is 8.94. The minimum Gasteiger partial charge on any atom is -0.489 e. The quantitative estimate of drug-likeness (QED) is 0.311. The number of hydrogen-bond acceptors (Lipinski definition) is 4. The van der Waals surface area contributed by atoms with Crippen LogP contribution >= 0.6 is 7.82 Å². The molecule has 1 aromatic carbocycles. The van der Waals surface area contributed by atoms with Crippen LogP contribution < -0.4 is 10.1 Å². The van der Waals surface area contributed by atoms with Gasteiger partial charge < -0.3 is 19.8 Å². The molecule has 0 amide bonds. The molecule has 1 heterocycles. The molecule has 3 N–H and O–H groups in total. The molecule has 1 aliphatic heterocycles. The Bertz CT molecular complexity index is 710. The van der Waals surface area contributed by atoms with E-state index < -0.39 is 25.7 Å². The van der Waals surface area contributed by atoms with E-state index in [1.165, 1.54) is 6.07 Å². The van der Waals surface area contributed by atoms with Gasteiger partial charge in [0.25, 0.3) is 0 Å². The summed E-state index contributed by atoms with van der Waals surface area (Å²) >= 11 is 0. The van der Waals surface area contributed by atoms with E-state index in [4.69, 9.17) is 14.5 Å². The molecule has 1 aliphatic rings. The van der Waals surface area contributed by atoms with Crippen molar-refractivity contribution >= 4 is 7.82 Å². The van der Waals surface area contributed by atoms with Crippen LogP contribution in [0.4, 0.5) is 13.2 Å². The Kier molecular flexibility index (Phi) is 9.63. The fourth-order valence-electron chi connectivity index (χ4n) is 3.58. The first-order valence-electron chi connectivity index (χ1n) is 10.4. The molecule has 2 rings (SSSR count). The van der Waals surface area contributed by atoms with E-state index in [1.54, 1.807) is 6.07 Å². The normalized spacial score (nSPS) is 19.9. The van der Waals surface area contributed by atoms with Crippen LogP contribution in [0, 0.1) is 0 Å². The first-order chi connectivity index (χ1) is 14.1. The maximum atomic E-state index is 13.5. The maximum Gasteiger partial charge on any atom is 0.469 e. The fraction of sp³-hybridized carbons (Fsp3) is 0.700. The highest BCUT2D eigenvalue weighted by Gasteiger charge is 2.34. The van der Waals surface area contributed by atoms with Crippen molar-refractivity contribution in [2.75, 3.05) is 13.2 Å². The molecule has 0 saturated carbocycles. The highest BCUT2D eigenvalue weighted by Crippen LogP contribution is 2.37. The Morgan fingerprint density at radius 1 is 1.17 bits per heavy atom. The Balaban J connectivity index is 1.92. The van der Waals surface area contributed by atoms with E-state index in [-0.39, 0.29) is 24.0 Å². The number of hydrogen-bond donors (Lipinski definition) is 3. The number of halogens is 3. The average Bonchev–Trinajstić information content (AvgIpc) is 3.10. The highest BCUT2D eigenvalue weighted by molar-refractivity contribution is 7.46. The van der Waals surface area contributed by atoms with Crippen molar-refractivity contribution in [1.82, 2.24) is 5.32 Å². The van der Waals surface area contributed by atoms with Crippen LogP contribution in [0.3, 0.4) is 0 Å². The molecule has 0 bridgehead atoms. The molecule has 1 aromatic rings. The van der Waals surface area contributed by atoms with Gasteiger partial charge in [-0.15, -0.1) is 0 Å². The van der Waals surface area contributed by atoms with Gasteiger partial charge in [-0.1, -0.05) is 45.1 Å². The van der Waals surface area contributed by atoms with Gasteiger partial charge in [0.15, 0.2) is 0 Å². The lowest BCUT2D eigenvalue weighted by atomic mass is 9.99. The maximum absolute atomic E-state index is 13.5. The standard InChI is InChI=1S/C20H31F3NO5P/c1-2-3-4-5-6-7-8-15-9-10-17(12-19(15)20(21,22)23)29-18-11-16(24-13-18)14-28-30(25,26)27/h9-10,12,16,18,24H,2-8,11,13-14H2,1H3,(H2,25,26,27)/t16-,18-/m0/s1. The van der Waals surface area contributed by atoms with Gasteiger partial charge in [0.2, 0.25) is 0 Å². The zero-order chi connectivity index (χ0) is 22.2. The molecule has 1 fully saturated rings. The molecule has 1 saturated heterocycles. The van der Waals surface area contributed by atoms with Crippen LogP contribution in [-0.4, -0.2) is 35.1 Å². The van der Waals surface area contributed by atoms with Crippen molar-refractivity contribution in [3.05, 3.63) is 29.3 Å². The molecule has 10 heteroatoms. The molecule has 0 spiro atoms. The third kappa shape index (κ3) is 8.94. The van der Waals surface area contributed by atoms with Crippen molar-refractivity contribution < 1.29 is 36.8 Å². The molecule has 0 aliphatic carbocycles. The lowest BCUT2D eigenvalue weighted by Gasteiger charge is -2.18. The number of ether oxygens (including phenoxy) is 1. The summed E-state index contributed by atoms with van der Waals surface area (Å²) < 4.78 is 61.5. The van der Waals surface area contributed by atoms with E-state index in [1.807, 2.05) is 0 Å². The number of phosphoric acid groups is 1. The summed E-state index contributed by atoms with van der Waals surface area (Å²) in [5.74, 6) is 0.136. The predicted molar refractivity (Wildman–Crippen MR) is 107 cm³/mol. The molecule has 30 heavy (non-hydrogen) atoms. The Morgan fingerprint density at radius 3 is 2.53 bits per heavy atom. The van der Waals surface area contributed by atoms with Crippen LogP contribution in [0.5, 0.6) is 5.75 Å². The lowest BCUT2D eigenvalue weighted by Crippen LogP contribution is -2.26. The van der Waals surface area contributed by atoms with E-state index in [2.05, 4.69) is 16.8 Å². The minimum absolute atomic E-state index is 0.136. The van der Waals surface area contributed by atoms with Gasteiger partial charge >= 0.3 is 14.0 Å². The van der Waals surface area contributed by atoms with Crippen LogP contribution in [0.15, 0.2) is 18.2 Å². The molecule has 0 aromatic heterocycles. The van der Waals surface area contributed by atoms with Crippen molar-refractivity contribution in [1.29, 1.82) is 0 Å². The van der Waals surface area contributed by atoms with E-state index in [0.29, 0.717) is 19.4 Å². The third-order valence-corrected chi connectivity index (χ3v) is 5.60. The van der Waals surface area contributed by atoms with Crippen LogP contribution in [0.2, 0.25) is 0 Å². The van der Waals surface area contributed by atoms with Gasteiger partial charge in [0, 0.05) is 19.0 Å². The second kappa shape index (κ2) is 11.5. The summed E-state index contributed by atoms with van der Waals surface area (Å²) in [7, 11) is -4.56. The highest BCUT2D eigenvalue weighted by atomic mass is 31.2. The predicted octanol–water partition coefficient (Wildman–Crippen LogP) is 4.83. The topological polar surface area (TPSA) is 88.0 Å². The molecule has 2 atom stereocenters. The van der Waals surface area contributed by atoms with Crippen molar-refractivity contribution in [2.24, 2.45) is 0 Å². The number of alkyl halides is 3. The zero-order valence-corrected chi connectivity index (χ0v) is 18.1. The summed E-state index contributed by atoms with van der Waals surface area (Å²) in [6.07, 6.45) is 1.99. The number of phosphoric ester groups is 1. The Labute approximate surface area is 175 Å². The summed E-state index contributed by atoms with van der Waals surface area (Å²) in [5.41, 5.74) is -0.385. The largest absolute Gasteiger partial charge is 0.489 e. The van der Waals surface area contributed by atoms with E-state index in [9.17, 15) is 17.7 Å². The first-order valence-corrected chi connectivity index (χ1v) is 11.9. The molecule has 0 unspecified atom stereocenters. The minimum atomic E-state index is -4.56. The van der Waals surface area contributed by atoms with Gasteiger partial charge in [-0.25, -0.2) is 4.57 Å². The number of benzene rings is 1. The number of aryl methyl sites for hydroxylation is 1. The van der Waals surface area contributed by atoms with Crippen molar-refractivity contribution in [2.45, 2.75) is 76.6 Å². The number of unbranched alkanes of at least 4 members (excludes halogenated alkanes) is 5. The monoisotopic (exact) mass is 453 g/mol. The van der Waals surface area contributed by atoms with Gasteiger partial charge in [-0.05, 0) is 30.5 Å². The molecular weight excluding hydrogens is 422 g/mol. The van der Waals surface area contributed by atoms with E-state index >= 15 is 0 Å². The van der Waals surface area contributed by atoms with E-state index in [0.717, 1.165) is 44.6 Å². The second-order valence-electron chi connectivity index (χ2n) is 7.70. The molecule has 6 nitrogen and oxygen atoms in total. The van der Waals surface area contributed by atoms with Gasteiger partial charge in [0.05, 0.1) is 12.2 Å². The number of nitrogens with one attached hydrogen (secondary N) is 1. The first kappa shape index (κ1) is 25.1. The fourth-order valence-corrected chi connectivity index (χ4v) is 3.96. The summed E-state index contributed by atoms with van der Waals surface area (Å²) in [5, 5.41) is 2.99. The van der Waals surface area contributed by atoms with Gasteiger partial charge in [-0.2, -0.15) is 13.2 Å². The van der Waals surface area contributed by atoms with Crippen LogP contribution in [0.25, 0.3) is 0 Å². The summed E-state index contributed by atoms with van der Waals surface area (Å²) in [4.78, 5) is 17.5. The Hall–Kier alpha value is -1.12. The Morgan fingerprint density at radius 2 is 1.87 bits per heavy atom. The lowest BCUT2D eigenvalue weighted by molar-refractivity contribution is -0.138. The molecule has 172 valence electrons. The molecule has 0 radical (unpaired) electrons. The zero-order valence-electron chi connectivity index (χ0n) is 17.2. The average molecular weight is 453 g/mol. The van der Waals surface area contributed by atoms with Gasteiger partial charge in [-0.3, -0.25) is 4.52 Å². The number of rotatable bonds is 12. The van der Waals surface area contributed by atoms with Crippen molar-refractivity contribution in [3.8, 4) is 5.75 Å². The SMILES string of the molecule is CCCCCCCCc1ccc(O[C@@H]2CN[C@H](COP(=O)(O)O)C2)cc1C(F)(F)F. The third-order valence-electron chi connectivity index (χ3n) is 5.11. The van der Waals surface area contributed by atoms with Crippen LogP contribution in [-0.2, 0) is 21.7 Å². The molecular formula is C20H31F3NO5P. The van der Waals surface area contributed by atoms with Gasteiger partial charge in [0.1, 0.15) is 11.9 Å². The van der Waals surface area contributed by atoms with Crippen molar-refractivity contribution in [3.63, 3.8) is 0 Å². The summed E-state index contributed by atoms with van der Waals surface area (Å²) in [6.45, 7) is 2.28. The van der Waals surface area contributed by atoms with Crippen LogP contribution in [0.1, 0.15) is 63.0 Å². The summed E-state index contributed by atoms with van der Waals surface area (Å²) in [6, 6.07) is 3.75. The smallest absolute Gasteiger partial charge is 0.469 e.